The number of fused-ring (bicyclic) bond motifs is 7. The molecule has 0 radical (unpaired) electrons. The Morgan fingerprint density at radius 3 is 2.24 bits per heavy atom. The number of nitrogens with one attached hydrogen (secondary N) is 1. The molecule has 7 rings (SSSR count). The first-order valence-electron chi connectivity index (χ1n) is 19.8. The third-order valence-electron chi connectivity index (χ3n) is 16.7. The molecule has 0 bridgehead atoms. The molecule has 1 aliphatic heterocycles. The van der Waals surface area contributed by atoms with Gasteiger partial charge >= 0.3 is 5.97 Å². The molecule has 8 heteroatoms. The lowest BCUT2D eigenvalue weighted by atomic mass is 9.32. The van der Waals surface area contributed by atoms with Crippen molar-refractivity contribution in [2.45, 2.75) is 99.3 Å². The van der Waals surface area contributed by atoms with E-state index in [4.69, 9.17) is 0 Å². The van der Waals surface area contributed by atoms with Gasteiger partial charge in [-0.1, -0.05) is 65.0 Å². The largest absolute Gasteiger partial charge is 0.478 e. The van der Waals surface area contributed by atoms with Crippen LogP contribution in [-0.2, 0) is 4.79 Å². The van der Waals surface area contributed by atoms with E-state index in [2.05, 4.69) is 64.4 Å². The normalized spacial score (nSPS) is 41.9. The Balaban J connectivity index is 1.13. The van der Waals surface area contributed by atoms with Crippen LogP contribution >= 0.6 is 10.6 Å². The Morgan fingerprint density at radius 2 is 1.59 bits per heavy atom. The predicted molar refractivity (Wildman–Crippen MR) is 208 cm³/mol. The van der Waals surface area contributed by atoms with Crippen LogP contribution in [0.5, 0.6) is 0 Å². The summed E-state index contributed by atoms with van der Waals surface area (Å²) in [5, 5.41) is 12.9. The number of rotatable bonds is 7. The minimum absolute atomic E-state index is 0.0120. The summed E-state index contributed by atoms with van der Waals surface area (Å²) in [6.45, 7) is 21.9. The highest BCUT2D eigenvalue weighted by atomic mass is 32.3. The Bertz CT molecular complexity index is 1590. The molecule has 1 aromatic carbocycles. The third kappa shape index (κ3) is 5.88. The van der Waals surface area contributed by atoms with Gasteiger partial charge in [0.05, 0.1) is 23.6 Å². The number of aromatic carboxylic acids is 1. The molecule has 1 saturated heterocycles. The molecule has 9 atom stereocenters. The average molecular weight is 721 g/mol. The minimum Gasteiger partial charge on any atom is -0.478 e. The Hall–Kier alpha value is -2.13. The van der Waals surface area contributed by atoms with E-state index in [-0.39, 0.29) is 33.0 Å². The minimum atomic E-state index is -2.47. The van der Waals surface area contributed by atoms with Crippen LogP contribution in [0.1, 0.15) is 115 Å². The molecule has 0 spiro atoms. The van der Waals surface area contributed by atoms with E-state index >= 15 is 0 Å². The van der Waals surface area contributed by atoms with Crippen molar-refractivity contribution in [2.75, 3.05) is 37.7 Å². The molecule has 4 N–H and O–H groups in total. The SMILES string of the molecule is C=C(C)[C@@H]1CC[C@]2(CNC(=O)CN3CCS(O)(O)CC3)CC[C@]3(C)[C@H](CC[C@@H]4[C@@]5(C)CC=C(c6ccc(C(=O)O)cc6)C(C)(C)[C@@H]5CC[C@]43C)[C@@H]12. The first kappa shape index (κ1) is 37.2. The third-order valence-corrected chi connectivity index (χ3v) is 18.4. The van der Waals surface area contributed by atoms with E-state index in [9.17, 15) is 23.8 Å². The summed E-state index contributed by atoms with van der Waals surface area (Å²) in [5.41, 5.74) is 4.93. The Morgan fingerprint density at radius 1 is 0.902 bits per heavy atom. The van der Waals surface area contributed by atoms with Crippen molar-refractivity contribution >= 4 is 28.0 Å². The van der Waals surface area contributed by atoms with Crippen molar-refractivity contribution in [1.82, 2.24) is 10.2 Å². The van der Waals surface area contributed by atoms with Gasteiger partial charge in [0.1, 0.15) is 0 Å². The molecule has 5 aliphatic carbocycles. The zero-order valence-electron chi connectivity index (χ0n) is 32.1. The van der Waals surface area contributed by atoms with Gasteiger partial charge in [-0.15, -0.1) is 0 Å². The maximum absolute atomic E-state index is 13.4. The van der Waals surface area contributed by atoms with Crippen LogP contribution in [0, 0.1) is 56.7 Å². The zero-order chi connectivity index (χ0) is 36.8. The van der Waals surface area contributed by atoms with Crippen molar-refractivity contribution in [1.29, 1.82) is 0 Å². The number of carboxylic acids is 1. The fourth-order valence-corrected chi connectivity index (χ4v) is 15.2. The quantitative estimate of drug-likeness (QED) is 0.209. The molecule has 5 fully saturated rings. The van der Waals surface area contributed by atoms with E-state index in [1.54, 1.807) is 12.1 Å². The fraction of sp³-hybridized carbons (Fsp3) is 0.721. The van der Waals surface area contributed by atoms with Gasteiger partial charge in [0.25, 0.3) is 0 Å². The van der Waals surface area contributed by atoms with Crippen LogP contribution in [0.25, 0.3) is 5.57 Å². The lowest BCUT2D eigenvalue weighted by Gasteiger charge is -2.72. The van der Waals surface area contributed by atoms with Crippen molar-refractivity contribution in [3.63, 3.8) is 0 Å². The van der Waals surface area contributed by atoms with Gasteiger partial charge in [0.2, 0.25) is 5.91 Å². The number of nitrogens with zero attached hydrogens (tertiary/aromatic N) is 1. The lowest BCUT2D eigenvalue weighted by Crippen LogP contribution is -2.66. The molecular formula is C43H64N2O5S. The number of amides is 1. The van der Waals surface area contributed by atoms with Gasteiger partial charge in [-0.3, -0.25) is 18.8 Å². The van der Waals surface area contributed by atoms with E-state index in [0.717, 1.165) is 31.4 Å². The van der Waals surface area contributed by atoms with E-state index in [1.165, 1.54) is 49.7 Å². The number of carboxylic acid groups (broad SMARTS) is 1. The highest BCUT2D eigenvalue weighted by molar-refractivity contribution is 8.24. The van der Waals surface area contributed by atoms with Crippen molar-refractivity contribution in [3.05, 3.63) is 53.6 Å². The van der Waals surface area contributed by atoms with E-state index in [0.29, 0.717) is 66.3 Å². The zero-order valence-corrected chi connectivity index (χ0v) is 32.9. The molecule has 7 nitrogen and oxygen atoms in total. The van der Waals surface area contributed by atoms with Gasteiger partial charge in [-0.05, 0) is 145 Å². The number of hydrogen-bond donors (Lipinski definition) is 4. The maximum atomic E-state index is 13.4. The fourth-order valence-electron chi connectivity index (χ4n) is 13.9. The van der Waals surface area contributed by atoms with Gasteiger partial charge in [0.15, 0.2) is 0 Å². The van der Waals surface area contributed by atoms with Crippen LogP contribution in [0.3, 0.4) is 0 Å². The van der Waals surface area contributed by atoms with Crippen molar-refractivity contribution < 1.29 is 23.8 Å². The maximum Gasteiger partial charge on any atom is 0.335 e. The number of hydrogen-bond acceptors (Lipinski definition) is 5. The highest BCUT2D eigenvalue weighted by Gasteiger charge is 2.70. The Kier molecular flexibility index (Phi) is 9.29. The van der Waals surface area contributed by atoms with Gasteiger partial charge in [-0.25, -0.2) is 4.79 Å². The summed E-state index contributed by atoms with van der Waals surface area (Å²) in [5.74, 6) is 2.75. The summed E-state index contributed by atoms with van der Waals surface area (Å²) < 4.78 is 20.1. The summed E-state index contributed by atoms with van der Waals surface area (Å²) in [6, 6.07) is 7.54. The van der Waals surface area contributed by atoms with E-state index < -0.39 is 16.6 Å². The average Bonchev–Trinajstić information content (AvgIpc) is 3.45. The molecule has 1 aromatic rings. The number of allylic oxidation sites excluding steroid dienone is 3. The molecule has 1 amide bonds. The van der Waals surface area contributed by atoms with Crippen LogP contribution in [0.4, 0.5) is 0 Å². The van der Waals surface area contributed by atoms with Crippen molar-refractivity contribution in [3.8, 4) is 0 Å². The second kappa shape index (κ2) is 12.7. The standard InChI is InChI=1S/C43H64N2O5S/c1-28(2)31-14-19-43(27-44-36(46)26-45-22-24-51(49,50)25-23-45)21-20-41(6)33(37(31)43)12-13-35-40(5)17-15-32(29-8-10-30(11-9-29)38(47)48)39(3,4)34(40)16-18-42(35,41)7/h8-11,15,31,33-35,37,49-50H,1,12-14,16-27H2,2-7H3,(H,44,46)(H,47,48)/t31-,33+,34-,35+,37+,40-,41+,42+,43+/m0/s1. The van der Waals surface area contributed by atoms with E-state index in [1.807, 2.05) is 12.1 Å². The van der Waals surface area contributed by atoms with Gasteiger partial charge in [0, 0.05) is 19.6 Å². The molecule has 282 valence electrons. The summed E-state index contributed by atoms with van der Waals surface area (Å²) in [4.78, 5) is 27.0. The molecule has 4 saturated carbocycles. The second-order valence-electron chi connectivity index (χ2n) is 19.2. The molecule has 1 heterocycles. The molecule has 51 heavy (non-hydrogen) atoms. The molecule has 0 aromatic heterocycles. The lowest BCUT2D eigenvalue weighted by molar-refractivity contribution is -0.225. The van der Waals surface area contributed by atoms with Crippen LogP contribution in [0.2, 0.25) is 0 Å². The van der Waals surface area contributed by atoms with Gasteiger partial charge < -0.3 is 10.4 Å². The van der Waals surface area contributed by atoms with Crippen molar-refractivity contribution in [2.24, 2.45) is 56.7 Å². The van der Waals surface area contributed by atoms with Crippen LogP contribution in [0.15, 0.2) is 42.5 Å². The molecule has 0 unspecified atom stereocenters. The van der Waals surface area contributed by atoms with Crippen LogP contribution in [-0.4, -0.2) is 68.7 Å². The molecule has 6 aliphatic rings. The number of benzene rings is 1. The topological polar surface area (TPSA) is 110 Å². The predicted octanol–water partition coefficient (Wildman–Crippen LogP) is 9.22. The number of carbonyl (C=O) groups excluding carboxylic acids is 1. The first-order chi connectivity index (χ1) is 23.9. The second-order valence-corrected chi connectivity index (χ2v) is 21.7. The summed E-state index contributed by atoms with van der Waals surface area (Å²) in [7, 11) is -2.47. The van der Waals surface area contributed by atoms with Crippen LogP contribution < -0.4 is 5.32 Å². The smallest absolute Gasteiger partial charge is 0.335 e. The first-order valence-corrected chi connectivity index (χ1v) is 21.7. The highest BCUT2D eigenvalue weighted by Crippen LogP contribution is 2.77. The summed E-state index contributed by atoms with van der Waals surface area (Å²) in [6.07, 6.45) is 13.2. The monoisotopic (exact) mass is 720 g/mol. The Labute approximate surface area is 308 Å². The summed E-state index contributed by atoms with van der Waals surface area (Å²) >= 11 is 0. The molecular weight excluding hydrogens is 657 g/mol. The number of carbonyl (C=O) groups is 2. The van der Waals surface area contributed by atoms with Gasteiger partial charge in [-0.2, -0.15) is 10.6 Å².